The largest absolute Gasteiger partial charge is 0.256 e. The van der Waals surface area contributed by atoms with Gasteiger partial charge in [0.25, 0.3) is 0 Å². The van der Waals surface area contributed by atoms with Gasteiger partial charge >= 0.3 is 0 Å². The Bertz CT molecular complexity index is 2750. The molecule has 7 aromatic carbocycles. The monoisotopic (exact) mass is 666 g/mol. The van der Waals surface area contributed by atoms with Gasteiger partial charge in [0.2, 0.25) is 0 Å². The molecule has 2 nitrogen and oxygen atoms in total. The summed E-state index contributed by atoms with van der Waals surface area (Å²) in [5, 5.41) is 6.10. The number of benzene rings is 7. The van der Waals surface area contributed by atoms with E-state index in [9.17, 15) is 0 Å². The van der Waals surface area contributed by atoms with Crippen LogP contribution in [0, 0.1) is 27.7 Å². The Kier molecular flexibility index (Phi) is 7.74. The highest BCUT2D eigenvalue weighted by molar-refractivity contribution is 6.24. The summed E-state index contributed by atoms with van der Waals surface area (Å²) >= 11 is 0. The minimum atomic E-state index is 0.985. The molecule has 52 heavy (non-hydrogen) atoms. The zero-order valence-electron chi connectivity index (χ0n) is 29.9. The molecule has 2 heteroatoms. The van der Waals surface area contributed by atoms with Gasteiger partial charge in [0.15, 0.2) is 0 Å². The molecule has 0 amide bonds. The van der Waals surface area contributed by atoms with Crippen molar-refractivity contribution in [1.82, 2.24) is 9.97 Å². The van der Waals surface area contributed by atoms with Crippen LogP contribution in [0.4, 0.5) is 0 Å². The molecule has 0 radical (unpaired) electrons. The smallest absolute Gasteiger partial charge is 0.0786 e. The third-order valence-corrected chi connectivity index (χ3v) is 11.1. The number of rotatable bonds is 5. The lowest BCUT2D eigenvalue weighted by Crippen LogP contribution is -2.02. The van der Waals surface area contributed by atoms with E-state index in [2.05, 4.69) is 160 Å². The van der Waals surface area contributed by atoms with Crippen molar-refractivity contribution in [2.24, 2.45) is 0 Å². The average Bonchev–Trinajstić information content (AvgIpc) is 3.21. The maximum absolute atomic E-state index is 4.84. The van der Waals surface area contributed by atoms with E-state index in [0.717, 1.165) is 16.8 Å². The van der Waals surface area contributed by atoms with Gasteiger partial charge in [-0.2, -0.15) is 0 Å². The van der Waals surface area contributed by atoms with Crippen LogP contribution >= 0.6 is 0 Å². The van der Waals surface area contributed by atoms with Gasteiger partial charge in [-0.15, -0.1) is 0 Å². The van der Waals surface area contributed by atoms with Crippen molar-refractivity contribution < 1.29 is 0 Å². The Hall–Kier alpha value is -6.38. The number of nitrogens with zero attached hydrogens (tertiary/aromatic N) is 2. The lowest BCUT2D eigenvalue weighted by molar-refractivity contribution is 1.25. The Morgan fingerprint density at radius 2 is 0.788 bits per heavy atom. The van der Waals surface area contributed by atoms with Gasteiger partial charge in [-0.05, 0) is 135 Å². The third kappa shape index (κ3) is 5.10. The molecule has 2 heterocycles. The number of hydrogen-bond donors (Lipinski definition) is 0. The van der Waals surface area contributed by atoms with E-state index in [-0.39, 0.29) is 0 Å². The SMILES string of the molecule is Cc1c(C)c(-c2ccccc2-c2ccc3c(c2)c2ccccc2c2cccnc23)c(C)c(C)c1-c1ccccc1-c1ccc(-c2ccccn2)cc1. The van der Waals surface area contributed by atoms with Crippen molar-refractivity contribution in [2.45, 2.75) is 27.7 Å². The normalized spacial score (nSPS) is 11.5. The predicted octanol–water partition coefficient (Wildman–Crippen LogP) is 13.5. The van der Waals surface area contributed by atoms with Crippen LogP contribution < -0.4 is 0 Å². The molecular weight excluding hydrogens is 629 g/mol. The minimum Gasteiger partial charge on any atom is -0.256 e. The van der Waals surface area contributed by atoms with Crippen LogP contribution in [0.1, 0.15) is 22.3 Å². The second kappa shape index (κ2) is 12.7. The highest BCUT2D eigenvalue weighted by atomic mass is 14.7. The van der Waals surface area contributed by atoms with E-state index in [1.165, 1.54) is 93.7 Å². The quantitative estimate of drug-likeness (QED) is 0.171. The number of fused-ring (bicyclic) bond motifs is 6. The first-order valence-electron chi connectivity index (χ1n) is 18.0. The topological polar surface area (TPSA) is 25.8 Å². The molecule has 0 spiro atoms. The number of hydrogen-bond acceptors (Lipinski definition) is 2. The first-order chi connectivity index (χ1) is 25.5. The molecule has 0 aliphatic heterocycles. The number of pyridine rings is 2. The fourth-order valence-corrected chi connectivity index (χ4v) is 8.31. The molecule has 0 saturated heterocycles. The first kappa shape index (κ1) is 31.6. The maximum atomic E-state index is 4.84. The van der Waals surface area contributed by atoms with E-state index in [4.69, 9.17) is 4.98 Å². The summed E-state index contributed by atoms with van der Waals surface area (Å²) in [6, 6.07) is 52.5. The van der Waals surface area contributed by atoms with Crippen LogP contribution in [0.25, 0.3) is 88.2 Å². The summed E-state index contributed by atoms with van der Waals surface area (Å²) < 4.78 is 0. The minimum absolute atomic E-state index is 0.985. The van der Waals surface area contributed by atoms with Gasteiger partial charge in [-0.1, -0.05) is 121 Å². The summed E-state index contributed by atoms with van der Waals surface area (Å²) in [5.41, 5.74) is 18.4. The lowest BCUT2D eigenvalue weighted by atomic mass is 9.80. The summed E-state index contributed by atoms with van der Waals surface area (Å²) in [4.78, 5) is 9.39. The van der Waals surface area contributed by atoms with Crippen molar-refractivity contribution in [3.63, 3.8) is 0 Å². The van der Waals surface area contributed by atoms with Gasteiger partial charge in [0.05, 0.1) is 11.2 Å². The molecule has 0 N–H and O–H groups in total. The van der Waals surface area contributed by atoms with Crippen LogP contribution in [0.3, 0.4) is 0 Å². The van der Waals surface area contributed by atoms with E-state index in [0.29, 0.717) is 0 Å². The summed E-state index contributed by atoms with van der Waals surface area (Å²) in [7, 11) is 0. The van der Waals surface area contributed by atoms with Crippen molar-refractivity contribution in [2.75, 3.05) is 0 Å². The van der Waals surface area contributed by atoms with Crippen molar-refractivity contribution in [1.29, 1.82) is 0 Å². The van der Waals surface area contributed by atoms with Crippen LogP contribution in [-0.2, 0) is 0 Å². The molecule has 0 fully saturated rings. The van der Waals surface area contributed by atoms with E-state index in [1.54, 1.807) is 0 Å². The van der Waals surface area contributed by atoms with Crippen LogP contribution in [0.15, 0.2) is 158 Å². The van der Waals surface area contributed by atoms with Crippen LogP contribution in [0.2, 0.25) is 0 Å². The highest BCUT2D eigenvalue weighted by Gasteiger charge is 2.22. The van der Waals surface area contributed by atoms with E-state index < -0.39 is 0 Å². The Balaban J connectivity index is 1.18. The second-order valence-electron chi connectivity index (χ2n) is 13.8. The summed E-state index contributed by atoms with van der Waals surface area (Å²) in [5.74, 6) is 0. The Labute approximate surface area is 305 Å². The Morgan fingerprint density at radius 3 is 1.40 bits per heavy atom. The van der Waals surface area contributed by atoms with Gasteiger partial charge in [-0.25, -0.2) is 0 Å². The summed E-state index contributed by atoms with van der Waals surface area (Å²) in [6.45, 7) is 9.19. The van der Waals surface area contributed by atoms with Crippen LogP contribution in [-0.4, -0.2) is 9.97 Å². The molecule has 9 rings (SSSR count). The van der Waals surface area contributed by atoms with Gasteiger partial charge in [0, 0.05) is 28.7 Å². The predicted molar refractivity (Wildman–Crippen MR) is 221 cm³/mol. The van der Waals surface area contributed by atoms with Gasteiger partial charge in [-0.3, -0.25) is 9.97 Å². The van der Waals surface area contributed by atoms with Crippen molar-refractivity contribution >= 4 is 32.4 Å². The standard InChI is InChI=1S/C50H38N2/c1-31-33(3)49(34(4)32(2)48(31)42-18-9-5-14-38(42)35-22-24-36(25-23-35)47-21-11-12-28-51-47)43-19-10-6-15-39(43)37-26-27-45-46(30-37)41-17-8-7-16-40(41)44-20-13-29-52-50(44)45/h5-30H,1-4H3. The molecular formula is C50H38N2. The summed E-state index contributed by atoms with van der Waals surface area (Å²) in [6.07, 6.45) is 3.75. The second-order valence-corrected chi connectivity index (χ2v) is 13.8. The molecule has 0 unspecified atom stereocenters. The highest BCUT2D eigenvalue weighted by Crippen LogP contribution is 2.45. The van der Waals surface area contributed by atoms with Gasteiger partial charge < -0.3 is 0 Å². The average molecular weight is 667 g/mol. The molecule has 0 aliphatic rings. The third-order valence-electron chi connectivity index (χ3n) is 11.1. The molecule has 0 saturated carbocycles. The molecule has 9 aromatic rings. The molecule has 0 aliphatic carbocycles. The van der Waals surface area contributed by atoms with Crippen LogP contribution in [0.5, 0.6) is 0 Å². The fraction of sp³-hybridized carbons (Fsp3) is 0.0800. The zero-order chi connectivity index (χ0) is 35.3. The van der Waals surface area contributed by atoms with E-state index >= 15 is 0 Å². The molecule has 248 valence electrons. The molecule has 0 atom stereocenters. The molecule has 2 aromatic heterocycles. The maximum Gasteiger partial charge on any atom is 0.0786 e. The van der Waals surface area contributed by atoms with Crippen molar-refractivity contribution in [3.05, 3.63) is 180 Å². The zero-order valence-corrected chi connectivity index (χ0v) is 29.9. The van der Waals surface area contributed by atoms with E-state index in [1.807, 2.05) is 30.6 Å². The number of aromatic nitrogens is 2. The van der Waals surface area contributed by atoms with Gasteiger partial charge in [0.1, 0.15) is 0 Å². The lowest BCUT2D eigenvalue weighted by Gasteiger charge is -2.24. The molecule has 0 bridgehead atoms. The Morgan fingerprint density at radius 1 is 0.327 bits per heavy atom. The first-order valence-corrected chi connectivity index (χ1v) is 18.0. The van der Waals surface area contributed by atoms with Crippen molar-refractivity contribution in [3.8, 4) is 55.8 Å². The fourth-order valence-electron chi connectivity index (χ4n) is 8.31.